The first-order valence-corrected chi connectivity index (χ1v) is 10.2. The SMILES string of the molecule is C=CCNC(=S)NN=Cc1ccc(OCCSc2ccc(C)cc2)c(OC)c1. The summed E-state index contributed by atoms with van der Waals surface area (Å²) in [6.07, 6.45) is 3.39. The van der Waals surface area contributed by atoms with Crippen molar-refractivity contribution in [3.8, 4) is 11.5 Å². The van der Waals surface area contributed by atoms with Gasteiger partial charge in [-0.2, -0.15) is 5.10 Å². The number of hydrazone groups is 1. The zero-order chi connectivity index (χ0) is 20.2. The molecule has 2 aromatic rings. The third kappa shape index (κ3) is 7.62. The molecule has 7 heteroatoms. The van der Waals surface area contributed by atoms with Gasteiger partial charge in [-0.25, -0.2) is 0 Å². The lowest BCUT2D eigenvalue weighted by Gasteiger charge is -2.11. The van der Waals surface area contributed by atoms with Crippen molar-refractivity contribution in [2.24, 2.45) is 5.10 Å². The average Bonchev–Trinajstić information content (AvgIpc) is 2.71. The van der Waals surface area contributed by atoms with E-state index in [9.17, 15) is 0 Å². The number of nitrogens with one attached hydrogen (secondary N) is 2. The average molecular weight is 416 g/mol. The maximum absolute atomic E-state index is 5.87. The largest absolute Gasteiger partial charge is 0.493 e. The van der Waals surface area contributed by atoms with Gasteiger partial charge in [0.05, 0.1) is 19.9 Å². The van der Waals surface area contributed by atoms with Gasteiger partial charge in [-0.15, -0.1) is 18.3 Å². The number of ether oxygens (including phenoxy) is 2. The fourth-order valence-electron chi connectivity index (χ4n) is 2.20. The van der Waals surface area contributed by atoms with Crippen LogP contribution in [0.1, 0.15) is 11.1 Å². The van der Waals surface area contributed by atoms with Gasteiger partial charge in [0.1, 0.15) is 0 Å². The summed E-state index contributed by atoms with van der Waals surface area (Å²) in [4.78, 5) is 1.24. The van der Waals surface area contributed by atoms with E-state index in [1.807, 2.05) is 18.2 Å². The summed E-state index contributed by atoms with van der Waals surface area (Å²) in [5, 5.41) is 7.48. The lowest BCUT2D eigenvalue weighted by Crippen LogP contribution is -2.31. The Morgan fingerprint density at radius 3 is 2.71 bits per heavy atom. The van der Waals surface area contributed by atoms with Gasteiger partial charge in [0.2, 0.25) is 0 Å². The molecule has 0 heterocycles. The Kier molecular flexibility index (Phi) is 9.37. The highest BCUT2D eigenvalue weighted by atomic mass is 32.2. The number of thioether (sulfide) groups is 1. The van der Waals surface area contributed by atoms with Crippen LogP contribution < -0.4 is 20.2 Å². The van der Waals surface area contributed by atoms with Crippen molar-refractivity contribution in [3.63, 3.8) is 0 Å². The van der Waals surface area contributed by atoms with Crippen LogP contribution in [0, 0.1) is 6.92 Å². The molecular formula is C21H25N3O2S2. The van der Waals surface area contributed by atoms with Crippen LogP contribution in [0.15, 0.2) is 65.1 Å². The van der Waals surface area contributed by atoms with Gasteiger partial charge in [-0.3, -0.25) is 5.43 Å². The van der Waals surface area contributed by atoms with E-state index in [1.165, 1.54) is 10.5 Å². The predicted molar refractivity (Wildman–Crippen MR) is 122 cm³/mol. The summed E-state index contributed by atoms with van der Waals surface area (Å²) in [6.45, 7) is 6.88. The van der Waals surface area contributed by atoms with Gasteiger partial charge in [0, 0.05) is 17.2 Å². The second-order valence-electron chi connectivity index (χ2n) is 5.79. The molecule has 0 radical (unpaired) electrons. The fourth-order valence-corrected chi connectivity index (χ4v) is 3.07. The second-order valence-corrected chi connectivity index (χ2v) is 7.37. The first-order chi connectivity index (χ1) is 13.6. The Morgan fingerprint density at radius 1 is 1.21 bits per heavy atom. The first kappa shape index (κ1) is 21.8. The van der Waals surface area contributed by atoms with Gasteiger partial charge in [-0.05, 0) is 55.0 Å². The molecule has 2 rings (SSSR count). The Balaban J connectivity index is 1.83. The molecule has 0 bridgehead atoms. The zero-order valence-corrected chi connectivity index (χ0v) is 17.7. The third-order valence-corrected chi connectivity index (χ3v) is 4.82. The summed E-state index contributed by atoms with van der Waals surface area (Å²) >= 11 is 6.84. The van der Waals surface area contributed by atoms with Crippen molar-refractivity contribution in [1.29, 1.82) is 0 Å². The minimum absolute atomic E-state index is 0.439. The Morgan fingerprint density at radius 2 is 2.00 bits per heavy atom. The Hall–Kier alpha value is -2.51. The van der Waals surface area contributed by atoms with Crippen molar-refractivity contribution >= 4 is 35.3 Å². The molecule has 0 amide bonds. The first-order valence-electron chi connectivity index (χ1n) is 8.80. The molecule has 5 nitrogen and oxygen atoms in total. The number of benzene rings is 2. The van der Waals surface area contributed by atoms with Crippen molar-refractivity contribution in [3.05, 3.63) is 66.2 Å². The van der Waals surface area contributed by atoms with Crippen LogP contribution in [-0.4, -0.2) is 37.3 Å². The number of nitrogens with zero attached hydrogens (tertiary/aromatic N) is 1. The molecular weight excluding hydrogens is 390 g/mol. The van der Waals surface area contributed by atoms with Crippen LogP contribution in [0.25, 0.3) is 0 Å². The normalized spacial score (nSPS) is 10.5. The van der Waals surface area contributed by atoms with Gasteiger partial charge >= 0.3 is 0 Å². The van der Waals surface area contributed by atoms with E-state index in [4.69, 9.17) is 21.7 Å². The summed E-state index contributed by atoms with van der Waals surface area (Å²) in [7, 11) is 1.62. The van der Waals surface area contributed by atoms with Gasteiger partial charge in [0.15, 0.2) is 16.6 Å². The second kappa shape index (κ2) is 12.0. The minimum Gasteiger partial charge on any atom is -0.493 e. The fraction of sp³-hybridized carbons (Fsp3) is 0.238. The number of aryl methyl sites for hydroxylation is 1. The maximum Gasteiger partial charge on any atom is 0.187 e. The molecule has 0 atom stereocenters. The van der Waals surface area contributed by atoms with E-state index >= 15 is 0 Å². The molecule has 0 unspecified atom stereocenters. The summed E-state index contributed by atoms with van der Waals surface area (Å²) in [5.74, 6) is 2.23. The molecule has 28 heavy (non-hydrogen) atoms. The van der Waals surface area contributed by atoms with E-state index in [0.29, 0.717) is 29.8 Å². The highest BCUT2D eigenvalue weighted by Crippen LogP contribution is 2.28. The van der Waals surface area contributed by atoms with Crippen molar-refractivity contribution in [2.45, 2.75) is 11.8 Å². The topological polar surface area (TPSA) is 54.9 Å². The third-order valence-electron chi connectivity index (χ3n) is 3.60. The number of methoxy groups -OCH3 is 1. The molecule has 0 saturated carbocycles. The molecule has 0 aliphatic heterocycles. The van der Waals surface area contributed by atoms with Crippen LogP contribution in [0.2, 0.25) is 0 Å². The monoisotopic (exact) mass is 415 g/mol. The summed E-state index contributed by atoms with van der Waals surface area (Å²) in [6, 6.07) is 14.1. The highest BCUT2D eigenvalue weighted by Gasteiger charge is 2.05. The van der Waals surface area contributed by atoms with Gasteiger partial charge < -0.3 is 14.8 Å². The standard InChI is InChI=1S/C21H25N3O2S2/c1-4-11-22-21(27)24-23-15-17-7-10-19(20(14-17)25-3)26-12-13-28-18-8-5-16(2)6-9-18/h4-10,14-15H,1,11-13H2,2-3H3,(H2,22,24,27). The zero-order valence-electron chi connectivity index (χ0n) is 16.1. The molecule has 2 N–H and O–H groups in total. The minimum atomic E-state index is 0.439. The Bertz CT molecular complexity index is 808. The highest BCUT2D eigenvalue weighted by molar-refractivity contribution is 7.99. The van der Waals surface area contributed by atoms with Crippen molar-refractivity contribution in [2.75, 3.05) is 26.0 Å². The quantitative estimate of drug-likeness (QED) is 0.152. The van der Waals surface area contributed by atoms with Crippen LogP contribution >= 0.6 is 24.0 Å². The number of rotatable bonds is 10. The number of hydrogen-bond acceptors (Lipinski definition) is 5. The number of thiocarbonyl (C=S) groups is 1. The van der Waals surface area contributed by atoms with Crippen LogP contribution in [0.3, 0.4) is 0 Å². The van der Waals surface area contributed by atoms with Gasteiger partial charge in [0.25, 0.3) is 0 Å². The maximum atomic E-state index is 5.87. The van der Waals surface area contributed by atoms with E-state index in [2.05, 4.69) is 53.6 Å². The Labute approximate surface area is 176 Å². The van der Waals surface area contributed by atoms with E-state index < -0.39 is 0 Å². The van der Waals surface area contributed by atoms with Gasteiger partial charge in [-0.1, -0.05) is 23.8 Å². The van der Waals surface area contributed by atoms with Crippen LogP contribution in [0.4, 0.5) is 0 Å². The molecule has 0 saturated heterocycles. The lowest BCUT2D eigenvalue weighted by molar-refractivity contribution is 0.313. The molecule has 2 aromatic carbocycles. The lowest BCUT2D eigenvalue weighted by atomic mass is 10.2. The van der Waals surface area contributed by atoms with Crippen molar-refractivity contribution in [1.82, 2.24) is 10.7 Å². The molecule has 0 fully saturated rings. The molecule has 0 aromatic heterocycles. The van der Waals surface area contributed by atoms with E-state index in [0.717, 1.165) is 11.3 Å². The molecule has 148 valence electrons. The predicted octanol–water partition coefficient (Wildman–Crippen LogP) is 4.16. The number of hydrogen-bond donors (Lipinski definition) is 2. The summed E-state index contributed by atoms with van der Waals surface area (Å²) in [5.41, 5.74) is 4.88. The van der Waals surface area contributed by atoms with Crippen molar-refractivity contribution < 1.29 is 9.47 Å². The molecule has 0 aliphatic carbocycles. The summed E-state index contributed by atoms with van der Waals surface area (Å²) < 4.78 is 11.3. The molecule has 0 spiro atoms. The smallest absolute Gasteiger partial charge is 0.187 e. The van der Waals surface area contributed by atoms with E-state index in [-0.39, 0.29) is 0 Å². The van der Waals surface area contributed by atoms with E-state index in [1.54, 1.807) is 31.2 Å². The van der Waals surface area contributed by atoms with Crippen LogP contribution in [0.5, 0.6) is 11.5 Å². The van der Waals surface area contributed by atoms with Crippen LogP contribution in [-0.2, 0) is 0 Å². The molecule has 0 aliphatic rings.